The second kappa shape index (κ2) is 4.66. The molecule has 2 heterocycles. The normalized spacial score (nSPS) is 14.7. The topological polar surface area (TPSA) is 50.3 Å². The highest BCUT2D eigenvalue weighted by molar-refractivity contribution is 7.09. The molecule has 4 nitrogen and oxygen atoms in total. The summed E-state index contributed by atoms with van der Waals surface area (Å²) in [5, 5.41) is 0. The molecule has 1 aromatic heterocycles. The summed E-state index contributed by atoms with van der Waals surface area (Å²) in [5.74, 6) is -1.74. The van der Waals surface area contributed by atoms with Crippen molar-refractivity contribution >= 4 is 28.7 Å². The van der Waals surface area contributed by atoms with Crippen LogP contribution in [0.3, 0.4) is 0 Å². The second-order valence-corrected chi connectivity index (χ2v) is 5.39. The van der Waals surface area contributed by atoms with E-state index in [2.05, 4.69) is 4.98 Å². The molecular weight excluding hydrogens is 305 g/mol. The Labute approximate surface area is 120 Å². The van der Waals surface area contributed by atoms with Gasteiger partial charge in [0.05, 0.1) is 28.9 Å². The number of hydrogen-bond donors (Lipinski definition) is 0. The van der Waals surface area contributed by atoms with E-state index < -0.39 is 23.4 Å². The molecule has 0 spiro atoms. The number of halogens is 3. The van der Waals surface area contributed by atoms with Gasteiger partial charge in [-0.25, -0.2) is 0 Å². The highest BCUT2D eigenvalue weighted by atomic mass is 32.1. The Balaban J connectivity index is 2.01. The minimum absolute atomic E-state index is 0.119. The van der Waals surface area contributed by atoms with Gasteiger partial charge >= 0.3 is 6.18 Å². The predicted molar refractivity (Wildman–Crippen MR) is 69.1 cm³/mol. The summed E-state index contributed by atoms with van der Waals surface area (Å²) < 4.78 is 38.0. The van der Waals surface area contributed by atoms with Gasteiger partial charge in [0.1, 0.15) is 0 Å². The van der Waals surface area contributed by atoms with Gasteiger partial charge in [0.2, 0.25) is 0 Å². The van der Waals surface area contributed by atoms with Gasteiger partial charge in [0, 0.05) is 11.1 Å². The maximum atomic E-state index is 12.7. The lowest BCUT2D eigenvalue weighted by molar-refractivity contribution is -0.137. The molecule has 0 atom stereocenters. The first-order valence-corrected chi connectivity index (χ1v) is 6.70. The number of ketones is 1. The molecular formula is C13H7F3N2O2S. The zero-order valence-electron chi connectivity index (χ0n) is 10.3. The Kier molecular flexibility index (Phi) is 3.05. The summed E-state index contributed by atoms with van der Waals surface area (Å²) in [6.07, 6.45) is -3.01. The number of Topliss-reactive ketones (excluding diaryl/α,β-unsaturated/α-hetero) is 1. The molecule has 0 unspecified atom stereocenters. The fraction of sp³-hybridized carbons (Fsp3) is 0.154. The number of anilines is 1. The molecule has 0 aliphatic carbocycles. The molecule has 1 amide bonds. The Morgan fingerprint density at radius 2 is 2.00 bits per heavy atom. The quantitative estimate of drug-likeness (QED) is 0.801. The number of benzene rings is 1. The van der Waals surface area contributed by atoms with Crippen molar-refractivity contribution in [1.82, 2.24) is 4.98 Å². The molecule has 0 radical (unpaired) electrons. The van der Waals surface area contributed by atoms with Crippen LogP contribution in [0.4, 0.5) is 18.9 Å². The number of rotatable bonds is 2. The van der Waals surface area contributed by atoms with Gasteiger partial charge in [-0.2, -0.15) is 13.2 Å². The number of fused-ring (bicyclic) bond motifs is 1. The average Bonchev–Trinajstić information content (AvgIpc) is 3.01. The van der Waals surface area contributed by atoms with Crippen LogP contribution in [-0.4, -0.2) is 16.7 Å². The molecule has 1 aliphatic rings. The van der Waals surface area contributed by atoms with E-state index in [1.54, 1.807) is 11.7 Å². The van der Waals surface area contributed by atoms with E-state index in [1.165, 1.54) is 16.2 Å². The molecule has 1 aromatic carbocycles. The summed E-state index contributed by atoms with van der Waals surface area (Å²) >= 11 is 1.30. The number of amides is 1. The fourth-order valence-electron chi connectivity index (χ4n) is 2.11. The van der Waals surface area contributed by atoms with Crippen molar-refractivity contribution in [1.29, 1.82) is 0 Å². The van der Waals surface area contributed by atoms with Crippen LogP contribution in [0.25, 0.3) is 0 Å². The number of carbonyl (C=O) groups is 2. The zero-order valence-corrected chi connectivity index (χ0v) is 11.2. The Bertz CT molecular complexity index is 726. The number of hydrogen-bond acceptors (Lipinski definition) is 4. The van der Waals surface area contributed by atoms with E-state index in [-0.39, 0.29) is 17.8 Å². The van der Waals surface area contributed by atoms with Crippen LogP contribution in [0.15, 0.2) is 29.9 Å². The highest BCUT2D eigenvalue weighted by Crippen LogP contribution is 2.36. The molecule has 0 fully saturated rings. The van der Waals surface area contributed by atoms with Crippen LogP contribution in [0.5, 0.6) is 0 Å². The maximum Gasteiger partial charge on any atom is 0.416 e. The van der Waals surface area contributed by atoms with E-state index >= 15 is 0 Å². The smallest absolute Gasteiger partial charge is 0.299 e. The van der Waals surface area contributed by atoms with Crippen molar-refractivity contribution in [2.24, 2.45) is 0 Å². The number of thiazole rings is 1. The van der Waals surface area contributed by atoms with Crippen molar-refractivity contribution < 1.29 is 22.8 Å². The number of carbonyl (C=O) groups excluding carboxylic acids is 2. The third-order valence-electron chi connectivity index (χ3n) is 3.10. The monoisotopic (exact) mass is 312 g/mol. The van der Waals surface area contributed by atoms with Crippen molar-refractivity contribution in [3.8, 4) is 0 Å². The zero-order chi connectivity index (χ0) is 15.2. The van der Waals surface area contributed by atoms with Gasteiger partial charge in [-0.1, -0.05) is 0 Å². The van der Waals surface area contributed by atoms with Gasteiger partial charge in [0.15, 0.2) is 0 Å². The van der Waals surface area contributed by atoms with E-state index in [0.717, 1.165) is 23.1 Å². The third-order valence-corrected chi connectivity index (χ3v) is 3.86. The maximum absolute atomic E-state index is 12.7. The van der Waals surface area contributed by atoms with Gasteiger partial charge in [-0.3, -0.25) is 19.5 Å². The molecule has 8 heteroatoms. The molecule has 21 heavy (non-hydrogen) atoms. The summed E-state index contributed by atoms with van der Waals surface area (Å²) in [5.41, 5.74) is 0.624. The molecule has 2 aromatic rings. The van der Waals surface area contributed by atoms with Crippen molar-refractivity contribution in [3.05, 3.63) is 45.9 Å². The van der Waals surface area contributed by atoms with Crippen LogP contribution >= 0.6 is 11.3 Å². The average molecular weight is 312 g/mol. The first-order valence-electron chi connectivity index (χ1n) is 5.83. The van der Waals surface area contributed by atoms with Crippen LogP contribution < -0.4 is 4.90 Å². The first kappa shape index (κ1) is 13.7. The van der Waals surface area contributed by atoms with E-state index in [1.807, 2.05) is 0 Å². The van der Waals surface area contributed by atoms with E-state index in [9.17, 15) is 22.8 Å². The number of aromatic nitrogens is 1. The Hall–Kier alpha value is -2.22. The number of nitrogens with zero attached hydrogens (tertiary/aromatic N) is 2. The van der Waals surface area contributed by atoms with E-state index in [0.29, 0.717) is 0 Å². The minimum atomic E-state index is -4.55. The molecule has 0 N–H and O–H groups in total. The number of alkyl halides is 3. The lowest BCUT2D eigenvalue weighted by Gasteiger charge is -2.15. The van der Waals surface area contributed by atoms with Crippen LogP contribution in [-0.2, 0) is 17.5 Å². The fourth-order valence-corrected chi connectivity index (χ4v) is 2.69. The van der Waals surface area contributed by atoms with Crippen molar-refractivity contribution in [2.75, 3.05) is 4.90 Å². The van der Waals surface area contributed by atoms with Gasteiger partial charge in [0.25, 0.3) is 11.7 Å². The van der Waals surface area contributed by atoms with Gasteiger partial charge < -0.3 is 0 Å². The largest absolute Gasteiger partial charge is 0.416 e. The van der Waals surface area contributed by atoms with Crippen molar-refractivity contribution in [2.45, 2.75) is 12.7 Å². The molecule has 108 valence electrons. The summed E-state index contributed by atoms with van der Waals surface area (Å²) in [4.78, 5) is 29.5. The highest BCUT2D eigenvalue weighted by Gasteiger charge is 2.39. The molecule has 1 aliphatic heterocycles. The Morgan fingerprint density at radius 3 is 2.62 bits per heavy atom. The van der Waals surface area contributed by atoms with Gasteiger partial charge in [-0.15, -0.1) is 11.3 Å². The predicted octanol–water partition coefficient (Wildman–Crippen LogP) is 2.89. The third kappa shape index (κ3) is 2.31. The molecule has 0 bridgehead atoms. The molecule has 0 saturated carbocycles. The lowest BCUT2D eigenvalue weighted by Crippen LogP contribution is -2.28. The summed E-state index contributed by atoms with van der Waals surface area (Å²) in [7, 11) is 0. The summed E-state index contributed by atoms with van der Waals surface area (Å²) in [6, 6.07) is 2.74. The SMILES string of the molecule is O=C1C(=O)N(Cc2cncs2)c2ccc(C(F)(F)F)cc21. The minimum Gasteiger partial charge on any atom is -0.299 e. The summed E-state index contributed by atoms with van der Waals surface area (Å²) in [6.45, 7) is 0.119. The van der Waals surface area contributed by atoms with Crippen LogP contribution in [0.2, 0.25) is 0 Å². The second-order valence-electron chi connectivity index (χ2n) is 4.42. The first-order chi connectivity index (χ1) is 9.88. The molecule has 3 rings (SSSR count). The lowest BCUT2D eigenvalue weighted by atomic mass is 10.1. The molecule has 0 saturated heterocycles. The standard InChI is InChI=1S/C13H7F3N2O2S/c14-13(15,16)7-1-2-10-9(3-7)11(19)12(20)18(10)5-8-4-17-6-21-8/h1-4,6H,5H2. The van der Waals surface area contributed by atoms with Gasteiger partial charge in [-0.05, 0) is 18.2 Å². The van der Waals surface area contributed by atoms with Crippen molar-refractivity contribution in [3.63, 3.8) is 0 Å². The Morgan fingerprint density at radius 1 is 1.24 bits per heavy atom. The van der Waals surface area contributed by atoms with Crippen LogP contribution in [0, 0.1) is 0 Å². The van der Waals surface area contributed by atoms with E-state index in [4.69, 9.17) is 0 Å². The van der Waals surface area contributed by atoms with Crippen LogP contribution in [0.1, 0.15) is 20.8 Å².